The summed E-state index contributed by atoms with van der Waals surface area (Å²) in [5.74, 6) is -3.43. The zero-order chi connectivity index (χ0) is 12.3. The Bertz CT molecular complexity index is 281. The summed E-state index contributed by atoms with van der Waals surface area (Å²) in [4.78, 5) is 21.7. The van der Waals surface area contributed by atoms with Crippen LogP contribution in [0.1, 0.15) is 39.5 Å². The molecule has 4 nitrogen and oxygen atoms in total. The van der Waals surface area contributed by atoms with Gasteiger partial charge in [-0.2, -0.15) is 0 Å². The van der Waals surface area contributed by atoms with E-state index in [0.717, 1.165) is 12.8 Å². The maximum Gasteiger partial charge on any atom is 1.00 e. The maximum absolute atomic E-state index is 10.9. The van der Waals surface area contributed by atoms with E-state index in [-0.39, 0.29) is 37.7 Å². The van der Waals surface area contributed by atoms with Gasteiger partial charge in [0.1, 0.15) is 0 Å². The van der Waals surface area contributed by atoms with Gasteiger partial charge in [-0.15, -0.1) is 0 Å². The van der Waals surface area contributed by atoms with Crippen LogP contribution in [0.15, 0.2) is 0 Å². The second-order valence-corrected chi connectivity index (χ2v) is 5.16. The smallest absolute Gasteiger partial charge is 0.550 e. The molecule has 1 rings (SSSR count). The predicted molar refractivity (Wildman–Crippen MR) is 53.8 cm³/mol. The summed E-state index contributed by atoms with van der Waals surface area (Å²) in [5, 5.41) is 21.7. The van der Waals surface area contributed by atoms with Crippen molar-refractivity contribution in [2.75, 3.05) is 0 Å². The normalized spacial score (nSPS) is 26.9. The molecular weight excluding hydrogens is 222 g/mol. The fourth-order valence-corrected chi connectivity index (χ4v) is 2.68. The minimum atomic E-state index is -1.25. The summed E-state index contributed by atoms with van der Waals surface area (Å²) in [5.41, 5.74) is 0. The molecule has 1 aliphatic rings. The summed E-state index contributed by atoms with van der Waals surface area (Å²) in [6, 6.07) is 0. The standard InChI is InChI=1S/C12H20O4.2Li/c1-7(2)5-8-3-4-9(11(13)14)10(6-8)12(15)16;;/h7-10H,3-6H2,1-2H3,(H,13,14)(H,15,16);;/q;2*+1/p-2. The first kappa shape index (κ1) is 20.5. The molecule has 0 amide bonds. The van der Waals surface area contributed by atoms with E-state index in [1.165, 1.54) is 0 Å². The molecule has 3 atom stereocenters. The first-order chi connectivity index (χ1) is 7.41. The molecule has 1 saturated carbocycles. The van der Waals surface area contributed by atoms with E-state index in [1.54, 1.807) is 0 Å². The molecular formula is C12H18Li2O4. The Morgan fingerprint density at radius 1 is 1.06 bits per heavy atom. The van der Waals surface area contributed by atoms with Crippen LogP contribution in [0.2, 0.25) is 0 Å². The van der Waals surface area contributed by atoms with Crippen LogP contribution in [0.4, 0.5) is 0 Å². The molecule has 92 valence electrons. The van der Waals surface area contributed by atoms with Gasteiger partial charge in [0, 0.05) is 23.8 Å². The van der Waals surface area contributed by atoms with Crippen molar-refractivity contribution < 1.29 is 57.5 Å². The van der Waals surface area contributed by atoms with Crippen molar-refractivity contribution in [1.29, 1.82) is 0 Å². The van der Waals surface area contributed by atoms with Crippen molar-refractivity contribution in [2.45, 2.75) is 39.5 Å². The molecule has 0 spiro atoms. The summed E-state index contributed by atoms with van der Waals surface area (Å²) >= 11 is 0. The van der Waals surface area contributed by atoms with Crippen LogP contribution in [0.3, 0.4) is 0 Å². The molecule has 0 radical (unpaired) electrons. The van der Waals surface area contributed by atoms with Gasteiger partial charge in [0.15, 0.2) is 0 Å². The minimum absolute atomic E-state index is 0. The van der Waals surface area contributed by atoms with Gasteiger partial charge in [-0.3, -0.25) is 0 Å². The number of hydrogen-bond donors (Lipinski definition) is 0. The monoisotopic (exact) mass is 240 g/mol. The Morgan fingerprint density at radius 2 is 1.56 bits per heavy atom. The minimum Gasteiger partial charge on any atom is -0.550 e. The Morgan fingerprint density at radius 3 is 1.94 bits per heavy atom. The van der Waals surface area contributed by atoms with Crippen LogP contribution in [0.5, 0.6) is 0 Å². The Labute approximate surface area is 132 Å². The van der Waals surface area contributed by atoms with Gasteiger partial charge in [0.05, 0.1) is 0 Å². The summed E-state index contributed by atoms with van der Waals surface area (Å²) in [6.45, 7) is 4.16. The molecule has 3 unspecified atom stereocenters. The maximum atomic E-state index is 10.9. The van der Waals surface area contributed by atoms with Crippen LogP contribution >= 0.6 is 0 Å². The fourth-order valence-electron chi connectivity index (χ4n) is 2.68. The first-order valence-corrected chi connectivity index (χ1v) is 5.83. The molecule has 1 aliphatic carbocycles. The average Bonchev–Trinajstić information content (AvgIpc) is 2.16. The van der Waals surface area contributed by atoms with E-state index in [2.05, 4.69) is 13.8 Å². The molecule has 0 aromatic heterocycles. The SMILES string of the molecule is CC(C)CC1CCC(C(=O)[O-])C(C(=O)[O-])C1.[Li+].[Li+]. The largest absolute Gasteiger partial charge is 1.00 e. The van der Waals surface area contributed by atoms with Crippen molar-refractivity contribution in [3.8, 4) is 0 Å². The fraction of sp³-hybridized carbons (Fsp3) is 0.833. The van der Waals surface area contributed by atoms with Gasteiger partial charge < -0.3 is 19.8 Å². The molecule has 0 N–H and O–H groups in total. The molecule has 0 saturated heterocycles. The number of carboxylic acid groups (broad SMARTS) is 2. The number of carboxylic acids is 2. The molecule has 18 heavy (non-hydrogen) atoms. The first-order valence-electron chi connectivity index (χ1n) is 5.83. The number of hydrogen-bond acceptors (Lipinski definition) is 4. The van der Waals surface area contributed by atoms with E-state index >= 15 is 0 Å². The molecule has 0 heterocycles. The number of carbonyl (C=O) groups is 2. The van der Waals surface area contributed by atoms with Crippen LogP contribution in [0, 0.1) is 23.7 Å². The van der Waals surface area contributed by atoms with Crippen molar-refractivity contribution >= 4 is 11.9 Å². The van der Waals surface area contributed by atoms with Gasteiger partial charge in [-0.05, 0) is 37.5 Å². The molecule has 0 aromatic carbocycles. The van der Waals surface area contributed by atoms with E-state index in [0.29, 0.717) is 24.7 Å². The van der Waals surface area contributed by atoms with E-state index in [1.807, 2.05) is 0 Å². The van der Waals surface area contributed by atoms with Gasteiger partial charge in [0.25, 0.3) is 0 Å². The van der Waals surface area contributed by atoms with E-state index in [4.69, 9.17) is 0 Å². The van der Waals surface area contributed by atoms with Crippen LogP contribution in [-0.4, -0.2) is 11.9 Å². The summed E-state index contributed by atoms with van der Waals surface area (Å²) < 4.78 is 0. The third-order valence-electron chi connectivity index (χ3n) is 3.37. The van der Waals surface area contributed by atoms with E-state index in [9.17, 15) is 19.8 Å². The summed E-state index contributed by atoms with van der Waals surface area (Å²) in [6.07, 6.45) is 2.54. The van der Waals surface area contributed by atoms with Gasteiger partial charge >= 0.3 is 37.7 Å². The number of aliphatic carboxylic acids is 2. The predicted octanol–water partition coefficient (Wildman–Crippen LogP) is -6.43. The third kappa shape index (κ3) is 5.85. The summed E-state index contributed by atoms with van der Waals surface area (Å²) in [7, 11) is 0. The number of rotatable bonds is 4. The molecule has 0 bridgehead atoms. The second kappa shape index (κ2) is 9.10. The number of carbonyl (C=O) groups excluding carboxylic acids is 2. The average molecular weight is 240 g/mol. The zero-order valence-electron chi connectivity index (χ0n) is 11.8. The Hall–Kier alpha value is 0.135. The zero-order valence-corrected chi connectivity index (χ0v) is 11.8. The van der Waals surface area contributed by atoms with Crippen molar-refractivity contribution in [2.24, 2.45) is 23.7 Å². The van der Waals surface area contributed by atoms with Crippen LogP contribution < -0.4 is 47.9 Å². The van der Waals surface area contributed by atoms with Gasteiger partial charge in [0.2, 0.25) is 0 Å². The molecule has 1 fully saturated rings. The van der Waals surface area contributed by atoms with Crippen molar-refractivity contribution in [3.05, 3.63) is 0 Å². The van der Waals surface area contributed by atoms with Gasteiger partial charge in [-0.1, -0.05) is 13.8 Å². The van der Waals surface area contributed by atoms with Crippen molar-refractivity contribution in [1.82, 2.24) is 0 Å². The Balaban J connectivity index is 0. The van der Waals surface area contributed by atoms with Crippen molar-refractivity contribution in [3.63, 3.8) is 0 Å². The van der Waals surface area contributed by atoms with Crippen LogP contribution in [-0.2, 0) is 9.59 Å². The van der Waals surface area contributed by atoms with Gasteiger partial charge in [-0.25, -0.2) is 0 Å². The topological polar surface area (TPSA) is 80.3 Å². The molecule has 0 aromatic rings. The Kier molecular flexibility index (Phi) is 10.3. The quantitative estimate of drug-likeness (QED) is 0.458. The third-order valence-corrected chi connectivity index (χ3v) is 3.37. The molecule has 6 heteroatoms. The molecule has 0 aliphatic heterocycles. The van der Waals surface area contributed by atoms with E-state index < -0.39 is 23.8 Å². The van der Waals surface area contributed by atoms with Crippen LogP contribution in [0.25, 0.3) is 0 Å². The second-order valence-electron chi connectivity index (χ2n) is 5.16.